The summed E-state index contributed by atoms with van der Waals surface area (Å²) in [6.45, 7) is 0. The van der Waals surface area contributed by atoms with Crippen LogP contribution in [0.1, 0.15) is 0 Å². The monoisotopic (exact) mass is 221 g/mol. The number of nitrogens with zero attached hydrogens (tertiary/aromatic N) is 2. The van der Waals surface area contributed by atoms with Crippen LogP contribution in [0.3, 0.4) is 0 Å². The number of fused-ring (bicyclic) bond motifs is 1. The molecule has 0 saturated heterocycles. The van der Waals surface area contributed by atoms with Gasteiger partial charge >= 0.3 is 6.09 Å². The molecule has 0 unspecified atom stereocenters. The van der Waals surface area contributed by atoms with Crippen molar-refractivity contribution in [1.29, 1.82) is 0 Å². The number of primary amides is 1. The Balaban J connectivity index is 2.66. The number of hydrogen-bond donors (Lipinski definition) is 1. The first-order valence-corrected chi connectivity index (χ1v) is 4.59. The van der Waals surface area contributed by atoms with E-state index in [1.54, 1.807) is 30.1 Å². The Bertz CT molecular complexity index is 547. The van der Waals surface area contributed by atoms with E-state index >= 15 is 0 Å². The third kappa shape index (κ3) is 1.54. The van der Waals surface area contributed by atoms with Gasteiger partial charge in [0.1, 0.15) is 5.52 Å². The van der Waals surface area contributed by atoms with E-state index in [0.29, 0.717) is 5.75 Å². The fourth-order valence-corrected chi connectivity index (χ4v) is 1.60. The maximum Gasteiger partial charge on any atom is 0.410 e. The van der Waals surface area contributed by atoms with E-state index < -0.39 is 6.09 Å². The van der Waals surface area contributed by atoms with Crippen LogP contribution in [-0.2, 0) is 7.05 Å². The maximum absolute atomic E-state index is 10.7. The molecule has 0 aliphatic rings. The summed E-state index contributed by atoms with van der Waals surface area (Å²) in [7, 11) is 3.27. The molecule has 6 heteroatoms. The quantitative estimate of drug-likeness (QED) is 0.821. The molecule has 0 spiro atoms. The molecule has 0 bridgehead atoms. The highest BCUT2D eigenvalue weighted by atomic mass is 16.6. The van der Waals surface area contributed by atoms with Crippen molar-refractivity contribution in [2.75, 3.05) is 7.11 Å². The summed E-state index contributed by atoms with van der Waals surface area (Å²) in [5, 5.41) is 4.99. The van der Waals surface area contributed by atoms with E-state index in [0.717, 1.165) is 10.9 Å². The lowest BCUT2D eigenvalue weighted by Crippen LogP contribution is -2.16. The smallest absolute Gasteiger partial charge is 0.410 e. The largest absolute Gasteiger partial charge is 0.491 e. The van der Waals surface area contributed by atoms with Crippen LogP contribution < -0.4 is 15.2 Å². The van der Waals surface area contributed by atoms with E-state index in [-0.39, 0.29) is 5.75 Å². The number of methoxy groups -OCH3 is 1. The summed E-state index contributed by atoms with van der Waals surface area (Å²) in [6.07, 6.45) is 0.825. The molecule has 0 radical (unpaired) electrons. The van der Waals surface area contributed by atoms with E-state index in [1.165, 1.54) is 7.11 Å². The number of amides is 1. The number of carbonyl (C=O) groups excluding carboxylic acids is 1. The van der Waals surface area contributed by atoms with Crippen molar-refractivity contribution in [3.63, 3.8) is 0 Å². The average Bonchev–Trinajstić information content (AvgIpc) is 2.60. The van der Waals surface area contributed by atoms with Crippen LogP contribution >= 0.6 is 0 Å². The second-order valence-corrected chi connectivity index (χ2v) is 3.22. The lowest BCUT2D eigenvalue weighted by Gasteiger charge is -2.09. The van der Waals surface area contributed by atoms with Gasteiger partial charge < -0.3 is 15.2 Å². The molecule has 1 heterocycles. The summed E-state index contributed by atoms with van der Waals surface area (Å²) in [4.78, 5) is 10.7. The van der Waals surface area contributed by atoms with E-state index in [4.69, 9.17) is 15.2 Å². The number of nitrogens with two attached hydrogens (primary N) is 1. The first-order chi connectivity index (χ1) is 7.63. The normalized spacial score (nSPS) is 10.4. The Kier molecular flexibility index (Phi) is 2.40. The van der Waals surface area contributed by atoms with Gasteiger partial charge in [-0.1, -0.05) is 0 Å². The molecule has 2 aromatic rings. The highest BCUT2D eigenvalue weighted by molar-refractivity contribution is 5.88. The molecular formula is C10H11N3O3. The first kappa shape index (κ1) is 10.3. The van der Waals surface area contributed by atoms with Gasteiger partial charge in [-0.2, -0.15) is 5.10 Å². The van der Waals surface area contributed by atoms with Crippen molar-refractivity contribution < 1.29 is 14.3 Å². The third-order valence-electron chi connectivity index (χ3n) is 2.23. The molecule has 6 nitrogen and oxygen atoms in total. The number of rotatable bonds is 2. The van der Waals surface area contributed by atoms with Gasteiger partial charge in [0.15, 0.2) is 11.5 Å². The zero-order chi connectivity index (χ0) is 11.7. The molecule has 0 saturated carbocycles. The van der Waals surface area contributed by atoms with Crippen LogP contribution in [0.4, 0.5) is 4.79 Å². The molecule has 2 N–H and O–H groups in total. The molecule has 0 fully saturated rings. The second kappa shape index (κ2) is 3.73. The Morgan fingerprint density at radius 3 is 2.88 bits per heavy atom. The minimum Gasteiger partial charge on any atom is -0.491 e. The minimum atomic E-state index is -0.875. The van der Waals surface area contributed by atoms with Crippen LogP contribution in [-0.4, -0.2) is 23.0 Å². The van der Waals surface area contributed by atoms with Gasteiger partial charge in [-0.25, -0.2) is 4.79 Å². The molecule has 0 aliphatic heterocycles. The van der Waals surface area contributed by atoms with Crippen molar-refractivity contribution >= 4 is 17.0 Å². The predicted molar refractivity (Wildman–Crippen MR) is 57.5 cm³/mol. The lowest BCUT2D eigenvalue weighted by molar-refractivity contribution is 0.209. The first-order valence-electron chi connectivity index (χ1n) is 4.59. The summed E-state index contributed by atoms with van der Waals surface area (Å²) < 4.78 is 11.7. The molecule has 1 amide bonds. The van der Waals surface area contributed by atoms with Gasteiger partial charge in [0.2, 0.25) is 0 Å². The highest BCUT2D eigenvalue weighted by Gasteiger charge is 2.14. The van der Waals surface area contributed by atoms with Crippen LogP contribution in [0.15, 0.2) is 18.3 Å². The summed E-state index contributed by atoms with van der Waals surface area (Å²) in [6, 6.07) is 3.40. The van der Waals surface area contributed by atoms with Crippen molar-refractivity contribution in [1.82, 2.24) is 9.78 Å². The van der Waals surface area contributed by atoms with E-state index in [9.17, 15) is 4.79 Å². The highest BCUT2D eigenvalue weighted by Crippen LogP contribution is 2.34. The number of aromatic nitrogens is 2. The molecule has 0 atom stereocenters. The minimum absolute atomic E-state index is 0.283. The Morgan fingerprint density at radius 1 is 1.50 bits per heavy atom. The number of carbonyl (C=O) groups is 1. The van der Waals surface area contributed by atoms with Gasteiger partial charge in [-0.15, -0.1) is 0 Å². The van der Waals surface area contributed by atoms with Crippen molar-refractivity contribution in [3.8, 4) is 11.5 Å². The van der Waals surface area contributed by atoms with Crippen LogP contribution in [0.25, 0.3) is 10.9 Å². The Hall–Kier alpha value is -2.24. The van der Waals surface area contributed by atoms with Crippen LogP contribution in [0, 0.1) is 0 Å². The van der Waals surface area contributed by atoms with Crippen LogP contribution in [0.5, 0.6) is 11.5 Å². The molecule has 16 heavy (non-hydrogen) atoms. The van der Waals surface area contributed by atoms with Gasteiger partial charge in [0, 0.05) is 12.4 Å². The molecule has 1 aromatic heterocycles. The molecule has 1 aromatic carbocycles. The molecule has 2 rings (SSSR count). The van der Waals surface area contributed by atoms with Crippen molar-refractivity contribution in [2.45, 2.75) is 0 Å². The summed E-state index contributed by atoms with van der Waals surface area (Å²) in [5.74, 6) is 0.724. The fraction of sp³-hybridized carbons (Fsp3) is 0.200. The van der Waals surface area contributed by atoms with Gasteiger partial charge in [-0.05, 0) is 12.1 Å². The van der Waals surface area contributed by atoms with Gasteiger partial charge in [0.25, 0.3) is 0 Å². The Morgan fingerprint density at radius 2 is 2.25 bits per heavy atom. The number of ether oxygens (including phenoxy) is 2. The lowest BCUT2D eigenvalue weighted by atomic mass is 10.2. The van der Waals surface area contributed by atoms with Crippen molar-refractivity contribution in [3.05, 3.63) is 18.3 Å². The van der Waals surface area contributed by atoms with E-state index in [1.807, 2.05) is 0 Å². The number of benzene rings is 1. The van der Waals surface area contributed by atoms with Gasteiger partial charge in [0.05, 0.1) is 13.3 Å². The topological polar surface area (TPSA) is 79.4 Å². The molecule has 84 valence electrons. The van der Waals surface area contributed by atoms with Crippen molar-refractivity contribution in [2.24, 2.45) is 12.8 Å². The van der Waals surface area contributed by atoms with Crippen LogP contribution in [0.2, 0.25) is 0 Å². The number of aryl methyl sites for hydroxylation is 1. The third-order valence-corrected chi connectivity index (χ3v) is 2.23. The molecular weight excluding hydrogens is 210 g/mol. The maximum atomic E-state index is 10.7. The van der Waals surface area contributed by atoms with Gasteiger partial charge in [-0.3, -0.25) is 4.68 Å². The molecule has 0 aliphatic carbocycles. The zero-order valence-corrected chi connectivity index (χ0v) is 8.93. The average molecular weight is 221 g/mol. The summed E-state index contributed by atoms with van der Waals surface area (Å²) in [5.41, 5.74) is 5.72. The predicted octanol–water partition coefficient (Wildman–Crippen LogP) is 1.04. The number of hydrogen-bond acceptors (Lipinski definition) is 4. The summed E-state index contributed by atoms with van der Waals surface area (Å²) >= 11 is 0. The second-order valence-electron chi connectivity index (χ2n) is 3.22. The zero-order valence-electron chi connectivity index (χ0n) is 8.93. The standard InChI is InChI=1S/C10H11N3O3/c1-13-8-6(5-12-13)3-4-7(9(8)15-2)16-10(11)14/h3-5H,1-2H3,(H2,11,14). The van der Waals surface area contributed by atoms with E-state index in [2.05, 4.69) is 5.10 Å². The Labute approximate surface area is 91.5 Å². The fourth-order valence-electron chi connectivity index (χ4n) is 1.60. The SMILES string of the molecule is COc1c(OC(N)=O)ccc2cnn(C)c12.